The molecule has 0 unspecified atom stereocenters. The van der Waals surface area contributed by atoms with E-state index in [2.05, 4.69) is 9.97 Å². The highest BCUT2D eigenvalue weighted by molar-refractivity contribution is 5.88. The van der Waals surface area contributed by atoms with E-state index < -0.39 is 5.97 Å². The van der Waals surface area contributed by atoms with E-state index in [0.29, 0.717) is 23.9 Å². The molecule has 2 rings (SSSR count). The van der Waals surface area contributed by atoms with Gasteiger partial charge in [0.1, 0.15) is 5.75 Å². The lowest BCUT2D eigenvalue weighted by molar-refractivity contribution is 0.0695. The fraction of sp³-hybridized carbons (Fsp3) is 0.214. The summed E-state index contributed by atoms with van der Waals surface area (Å²) in [6, 6.07) is 7.41. The number of aromatic nitrogens is 2. The Balaban J connectivity index is 2.48. The third kappa shape index (κ3) is 2.70. The molecule has 1 aromatic carbocycles. The molecule has 0 aliphatic heterocycles. The highest BCUT2D eigenvalue weighted by atomic mass is 16.5. The van der Waals surface area contributed by atoms with Crippen molar-refractivity contribution in [3.8, 4) is 17.1 Å². The summed E-state index contributed by atoms with van der Waals surface area (Å²) < 4.78 is 5.51. The van der Waals surface area contributed by atoms with E-state index in [0.717, 1.165) is 5.56 Å². The first-order valence-corrected chi connectivity index (χ1v) is 5.92. The zero-order valence-corrected chi connectivity index (χ0v) is 10.8. The van der Waals surface area contributed by atoms with E-state index in [1.54, 1.807) is 6.92 Å². The number of carboxylic acids is 1. The highest BCUT2D eigenvalue weighted by Gasteiger charge is 2.13. The van der Waals surface area contributed by atoms with Crippen molar-refractivity contribution in [3.05, 3.63) is 41.7 Å². The molecule has 0 saturated heterocycles. The Morgan fingerprint density at radius 3 is 2.74 bits per heavy atom. The fourth-order valence-electron chi connectivity index (χ4n) is 1.74. The van der Waals surface area contributed by atoms with Crippen molar-refractivity contribution in [2.45, 2.75) is 13.8 Å². The van der Waals surface area contributed by atoms with Gasteiger partial charge in [-0.1, -0.05) is 12.1 Å². The molecule has 0 bridgehead atoms. The molecule has 1 heterocycles. The Hall–Kier alpha value is -2.43. The molecular formula is C14H14N2O3. The molecule has 0 atom stereocenters. The molecule has 0 fully saturated rings. The Morgan fingerprint density at radius 1 is 1.37 bits per heavy atom. The minimum Gasteiger partial charge on any atom is -0.493 e. The molecule has 19 heavy (non-hydrogen) atoms. The quantitative estimate of drug-likeness (QED) is 0.912. The lowest BCUT2D eigenvalue weighted by atomic mass is 10.1. The van der Waals surface area contributed by atoms with Gasteiger partial charge in [0, 0.05) is 6.20 Å². The largest absolute Gasteiger partial charge is 0.493 e. The molecular weight excluding hydrogens is 244 g/mol. The number of rotatable bonds is 4. The maximum Gasteiger partial charge on any atom is 0.339 e. The number of carboxylic acid groups (broad SMARTS) is 1. The number of aromatic carboxylic acids is 1. The molecule has 0 radical (unpaired) electrons. The van der Waals surface area contributed by atoms with Gasteiger partial charge in [0.25, 0.3) is 0 Å². The second-order valence-electron chi connectivity index (χ2n) is 3.93. The van der Waals surface area contributed by atoms with E-state index in [-0.39, 0.29) is 5.56 Å². The molecule has 1 N–H and O–H groups in total. The molecule has 2 aromatic rings. The number of aryl methyl sites for hydroxylation is 1. The number of ether oxygens (including phenoxy) is 1. The van der Waals surface area contributed by atoms with Gasteiger partial charge >= 0.3 is 5.97 Å². The third-order valence-corrected chi connectivity index (χ3v) is 2.64. The lowest BCUT2D eigenvalue weighted by Crippen LogP contribution is -2.05. The summed E-state index contributed by atoms with van der Waals surface area (Å²) in [7, 11) is 0. The molecule has 5 nitrogen and oxygen atoms in total. The van der Waals surface area contributed by atoms with Crippen molar-refractivity contribution < 1.29 is 14.6 Å². The van der Waals surface area contributed by atoms with Crippen molar-refractivity contribution in [2.24, 2.45) is 0 Å². The van der Waals surface area contributed by atoms with Gasteiger partial charge in [-0.25, -0.2) is 14.8 Å². The van der Waals surface area contributed by atoms with Crippen LogP contribution in [0.1, 0.15) is 23.0 Å². The van der Waals surface area contributed by atoms with Crippen molar-refractivity contribution in [1.82, 2.24) is 9.97 Å². The molecule has 0 spiro atoms. The normalized spacial score (nSPS) is 10.2. The van der Waals surface area contributed by atoms with Crippen LogP contribution in [0.3, 0.4) is 0 Å². The van der Waals surface area contributed by atoms with Gasteiger partial charge in [0.2, 0.25) is 0 Å². The number of para-hydroxylation sites is 1. The summed E-state index contributed by atoms with van der Waals surface area (Å²) in [5.74, 6) is 0.126. The van der Waals surface area contributed by atoms with Crippen LogP contribution in [0.25, 0.3) is 11.4 Å². The van der Waals surface area contributed by atoms with Crippen LogP contribution in [0.2, 0.25) is 0 Å². The molecule has 5 heteroatoms. The minimum absolute atomic E-state index is 0.109. The monoisotopic (exact) mass is 258 g/mol. The van der Waals surface area contributed by atoms with Gasteiger partial charge in [0.15, 0.2) is 5.82 Å². The lowest BCUT2D eigenvalue weighted by Gasteiger charge is -2.09. The maximum atomic E-state index is 10.9. The number of benzene rings is 1. The summed E-state index contributed by atoms with van der Waals surface area (Å²) in [5.41, 5.74) is 1.30. The first-order valence-electron chi connectivity index (χ1n) is 5.92. The van der Waals surface area contributed by atoms with E-state index in [4.69, 9.17) is 9.84 Å². The Labute approximate surface area is 110 Å². The predicted octanol–water partition coefficient (Wildman–Crippen LogP) is 2.55. The highest BCUT2D eigenvalue weighted by Crippen LogP contribution is 2.27. The van der Waals surface area contributed by atoms with Crippen LogP contribution in [0, 0.1) is 6.92 Å². The van der Waals surface area contributed by atoms with Crippen LogP contribution in [-0.4, -0.2) is 27.7 Å². The zero-order chi connectivity index (χ0) is 13.8. The maximum absolute atomic E-state index is 10.9. The van der Waals surface area contributed by atoms with Gasteiger partial charge in [-0.3, -0.25) is 0 Å². The minimum atomic E-state index is -1.03. The average molecular weight is 258 g/mol. The van der Waals surface area contributed by atoms with Gasteiger partial charge in [-0.15, -0.1) is 0 Å². The number of hydrogen-bond acceptors (Lipinski definition) is 4. The molecule has 98 valence electrons. The van der Waals surface area contributed by atoms with E-state index >= 15 is 0 Å². The van der Waals surface area contributed by atoms with Gasteiger partial charge < -0.3 is 9.84 Å². The SMILES string of the molecule is CCOc1ccccc1-c1ncc(C(=O)O)c(C)n1. The fourth-order valence-corrected chi connectivity index (χ4v) is 1.74. The van der Waals surface area contributed by atoms with Crippen molar-refractivity contribution in [2.75, 3.05) is 6.61 Å². The second kappa shape index (κ2) is 5.48. The predicted molar refractivity (Wildman–Crippen MR) is 70.3 cm³/mol. The van der Waals surface area contributed by atoms with E-state index in [9.17, 15) is 4.79 Å². The van der Waals surface area contributed by atoms with Gasteiger partial charge in [-0.05, 0) is 26.0 Å². The number of hydrogen-bond donors (Lipinski definition) is 1. The number of carbonyl (C=O) groups is 1. The Bertz CT molecular complexity index is 611. The molecule has 0 saturated carbocycles. The van der Waals surface area contributed by atoms with Gasteiger partial charge in [-0.2, -0.15) is 0 Å². The zero-order valence-electron chi connectivity index (χ0n) is 10.8. The molecule has 0 aliphatic carbocycles. The standard InChI is InChI=1S/C14H14N2O3/c1-3-19-12-7-5-4-6-10(12)13-15-8-11(14(17)18)9(2)16-13/h4-8H,3H2,1-2H3,(H,17,18). The van der Waals surface area contributed by atoms with Crippen LogP contribution in [-0.2, 0) is 0 Å². The van der Waals surface area contributed by atoms with Crippen molar-refractivity contribution >= 4 is 5.97 Å². The smallest absolute Gasteiger partial charge is 0.339 e. The third-order valence-electron chi connectivity index (χ3n) is 2.64. The summed E-state index contributed by atoms with van der Waals surface area (Å²) in [6.45, 7) is 4.09. The summed E-state index contributed by atoms with van der Waals surface area (Å²) in [4.78, 5) is 19.3. The number of nitrogens with zero attached hydrogens (tertiary/aromatic N) is 2. The topological polar surface area (TPSA) is 72.3 Å². The summed E-state index contributed by atoms with van der Waals surface area (Å²) in [6.07, 6.45) is 1.32. The average Bonchev–Trinajstić information content (AvgIpc) is 2.39. The first kappa shape index (κ1) is 13.0. The van der Waals surface area contributed by atoms with Crippen LogP contribution >= 0.6 is 0 Å². The Kier molecular flexibility index (Phi) is 3.75. The summed E-state index contributed by atoms with van der Waals surface area (Å²) in [5, 5.41) is 8.96. The van der Waals surface area contributed by atoms with Crippen molar-refractivity contribution in [3.63, 3.8) is 0 Å². The first-order chi connectivity index (χ1) is 9.13. The molecule has 1 aromatic heterocycles. The molecule has 0 aliphatic rings. The molecule has 0 amide bonds. The van der Waals surface area contributed by atoms with Crippen LogP contribution in [0.5, 0.6) is 5.75 Å². The van der Waals surface area contributed by atoms with Crippen LogP contribution < -0.4 is 4.74 Å². The van der Waals surface area contributed by atoms with E-state index in [1.807, 2.05) is 31.2 Å². The second-order valence-corrected chi connectivity index (χ2v) is 3.93. The van der Waals surface area contributed by atoms with Crippen LogP contribution in [0.4, 0.5) is 0 Å². The van der Waals surface area contributed by atoms with Crippen LogP contribution in [0.15, 0.2) is 30.5 Å². The summed E-state index contributed by atoms with van der Waals surface area (Å²) >= 11 is 0. The van der Waals surface area contributed by atoms with Crippen molar-refractivity contribution in [1.29, 1.82) is 0 Å². The van der Waals surface area contributed by atoms with Gasteiger partial charge in [0.05, 0.1) is 23.4 Å². The Morgan fingerprint density at radius 2 is 2.11 bits per heavy atom. The van der Waals surface area contributed by atoms with E-state index in [1.165, 1.54) is 6.20 Å².